The lowest BCUT2D eigenvalue weighted by atomic mass is 10.2. The first kappa shape index (κ1) is 16.2. The molecule has 1 fully saturated rings. The van der Waals surface area contributed by atoms with Crippen molar-refractivity contribution in [2.24, 2.45) is 5.10 Å². The van der Waals surface area contributed by atoms with Crippen molar-refractivity contribution < 1.29 is 23.7 Å². The van der Waals surface area contributed by atoms with Gasteiger partial charge in [0.15, 0.2) is 17.3 Å². The van der Waals surface area contributed by atoms with Gasteiger partial charge in [-0.2, -0.15) is 5.10 Å². The van der Waals surface area contributed by atoms with E-state index in [1.165, 1.54) is 6.21 Å². The van der Waals surface area contributed by atoms with Crippen molar-refractivity contribution in [1.82, 2.24) is 5.43 Å². The van der Waals surface area contributed by atoms with Crippen molar-refractivity contribution in [2.45, 2.75) is 25.6 Å². The second-order valence-electron chi connectivity index (χ2n) is 5.38. The fraction of sp³-hybridized carbons (Fsp3) is 0.467. The molecule has 0 saturated carbocycles. The zero-order valence-electron chi connectivity index (χ0n) is 12.6. The quantitative estimate of drug-likeness (QED) is 0.635. The predicted molar refractivity (Wildman–Crippen MR) is 85.5 cm³/mol. The Balaban J connectivity index is 1.57. The number of amides is 1. The lowest BCUT2D eigenvalue weighted by molar-refractivity contribution is -0.256. The lowest BCUT2D eigenvalue weighted by Crippen LogP contribution is -2.41. The van der Waals surface area contributed by atoms with Gasteiger partial charge >= 0.3 is 0 Å². The Labute approximate surface area is 142 Å². The Hall–Kier alpha value is -1.64. The van der Waals surface area contributed by atoms with Gasteiger partial charge in [-0.3, -0.25) is 4.79 Å². The first-order valence-electron chi connectivity index (χ1n) is 7.25. The van der Waals surface area contributed by atoms with E-state index in [9.17, 15) is 4.79 Å². The third-order valence-corrected chi connectivity index (χ3v) is 4.16. The molecule has 0 aliphatic carbocycles. The fourth-order valence-electron chi connectivity index (χ4n) is 2.32. The molecule has 0 spiro atoms. The van der Waals surface area contributed by atoms with Crippen LogP contribution >= 0.6 is 15.9 Å². The van der Waals surface area contributed by atoms with Gasteiger partial charge in [0.05, 0.1) is 25.8 Å². The van der Waals surface area contributed by atoms with E-state index in [4.69, 9.17) is 18.9 Å². The Morgan fingerprint density at radius 3 is 2.78 bits per heavy atom. The standard InChI is InChI=1S/C15H17BrN2O5/c1-15(22-3-2-4-23-15)7-14(19)18-17-8-10-5-12-13(6-11(10)16)21-9-20-12/h5-6,8H,2-4,7,9H2,1H3,(H,18,19)/b17-8-. The highest BCUT2D eigenvalue weighted by molar-refractivity contribution is 9.10. The van der Waals surface area contributed by atoms with Crippen LogP contribution in [-0.2, 0) is 14.3 Å². The van der Waals surface area contributed by atoms with Gasteiger partial charge in [-0.1, -0.05) is 0 Å². The molecule has 1 aromatic rings. The monoisotopic (exact) mass is 384 g/mol. The maximum atomic E-state index is 11.9. The first-order chi connectivity index (χ1) is 11.1. The summed E-state index contributed by atoms with van der Waals surface area (Å²) in [7, 11) is 0. The zero-order chi connectivity index (χ0) is 16.3. The Morgan fingerprint density at radius 2 is 2.04 bits per heavy atom. The molecule has 8 heteroatoms. The summed E-state index contributed by atoms with van der Waals surface area (Å²) in [6, 6.07) is 3.59. The maximum Gasteiger partial charge on any atom is 0.245 e. The molecular weight excluding hydrogens is 368 g/mol. The number of hydrogen-bond acceptors (Lipinski definition) is 6. The van der Waals surface area contributed by atoms with Crippen LogP contribution in [0.15, 0.2) is 21.7 Å². The van der Waals surface area contributed by atoms with Crippen molar-refractivity contribution in [3.63, 3.8) is 0 Å². The summed E-state index contributed by atoms with van der Waals surface area (Å²) in [6.07, 6.45) is 2.47. The highest BCUT2D eigenvalue weighted by Crippen LogP contribution is 2.36. The van der Waals surface area contributed by atoms with Crippen molar-refractivity contribution in [1.29, 1.82) is 0 Å². The predicted octanol–water partition coefficient (Wildman–Crippen LogP) is 2.17. The van der Waals surface area contributed by atoms with E-state index in [1.54, 1.807) is 19.1 Å². The molecule has 0 atom stereocenters. The zero-order valence-corrected chi connectivity index (χ0v) is 14.2. The van der Waals surface area contributed by atoms with Crippen LogP contribution in [0.2, 0.25) is 0 Å². The van der Waals surface area contributed by atoms with Crippen LogP contribution < -0.4 is 14.9 Å². The number of fused-ring (bicyclic) bond motifs is 1. The second kappa shape index (κ2) is 6.86. The van der Waals surface area contributed by atoms with E-state index < -0.39 is 5.79 Å². The summed E-state index contributed by atoms with van der Waals surface area (Å²) in [4.78, 5) is 11.9. The topological polar surface area (TPSA) is 78.4 Å². The minimum Gasteiger partial charge on any atom is -0.454 e. The Kier molecular flexibility index (Phi) is 4.84. The van der Waals surface area contributed by atoms with Crippen LogP contribution in [0.3, 0.4) is 0 Å². The molecule has 1 aromatic carbocycles. The van der Waals surface area contributed by atoms with Crippen molar-refractivity contribution in [3.05, 3.63) is 22.2 Å². The van der Waals surface area contributed by atoms with E-state index in [2.05, 4.69) is 26.5 Å². The van der Waals surface area contributed by atoms with Crippen LogP contribution in [-0.4, -0.2) is 37.9 Å². The molecule has 2 aliphatic heterocycles. The number of halogens is 1. The highest BCUT2D eigenvalue weighted by atomic mass is 79.9. The van der Waals surface area contributed by atoms with Gasteiger partial charge < -0.3 is 18.9 Å². The number of carbonyl (C=O) groups excluding carboxylic acids is 1. The second-order valence-corrected chi connectivity index (χ2v) is 6.24. The first-order valence-corrected chi connectivity index (χ1v) is 8.04. The lowest BCUT2D eigenvalue weighted by Gasteiger charge is -2.33. The van der Waals surface area contributed by atoms with Gasteiger partial charge in [-0.05, 0) is 41.4 Å². The van der Waals surface area contributed by atoms with Crippen molar-refractivity contribution >= 4 is 28.1 Å². The van der Waals surface area contributed by atoms with Crippen LogP contribution in [0.4, 0.5) is 0 Å². The van der Waals surface area contributed by atoms with E-state index in [0.29, 0.717) is 24.7 Å². The molecule has 0 bridgehead atoms. The molecular formula is C15H17BrN2O5. The molecule has 2 aliphatic rings. The number of hydrogen-bond donors (Lipinski definition) is 1. The van der Waals surface area contributed by atoms with Gasteiger partial charge in [0.1, 0.15) is 0 Å². The maximum absolute atomic E-state index is 11.9. The molecule has 1 saturated heterocycles. The fourth-order valence-corrected chi connectivity index (χ4v) is 2.74. The summed E-state index contributed by atoms with van der Waals surface area (Å²) < 4.78 is 22.4. The summed E-state index contributed by atoms with van der Waals surface area (Å²) in [5, 5.41) is 3.96. The van der Waals surface area contributed by atoms with E-state index in [0.717, 1.165) is 16.5 Å². The van der Waals surface area contributed by atoms with E-state index in [1.807, 2.05) is 0 Å². The summed E-state index contributed by atoms with van der Waals surface area (Å²) in [6.45, 7) is 3.15. The van der Waals surface area contributed by atoms with Gasteiger partial charge in [0.2, 0.25) is 12.7 Å². The SMILES string of the molecule is CC1(CC(=O)N/N=C\c2cc3c(cc2Br)OCO3)OCCCO1. The molecule has 1 N–H and O–H groups in total. The molecule has 7 nitrogen and oxygen atoms in total. The smallest absolute Gasteiger partial charge is 0.245 e. The van der Waals surface area contributed by atoms with Crippen molar-refractivity contribution in [3.8, 4) is 11.5 Å². The largest absolute Gasteiger partial charge is 0.454 e. The third-order valence-electron chi connectivity index (χ3n) is 3.47. The summed E-state index contributed by atoms with van der Waals surface area (Å²) in [5.41, 5.74) is 3.25. The average molecular weight is 385 g/mol. The highest BCUT2D eigenvalue weighted by Gasteiger charge is 2.31. The van der Waals surface area contributed by atoms with E-state index >= 15 is 0 Å². The minimum atomic E-state index is -0.878. The molecule has 0 unspecified atom stereocenters. The number of hydrazone groups is 1. The van der Waals surface area contributed by atoms with E-state index in [-0.39, 0.29) is 19.1 Å². The molecule has 1 amide bonds. The van der Waals surface area contributed by atoms with Crippen LogP contribution in [0.25, 0.3) is 0 Å². The number of benzene rings is 1. The van der Waals surface area contributed by atoms with Gasteiger partial charge in [0, 0.05) is 10.0 Å². The third kappa shape index (κ3) is 4.01. The number of carbonyl (C=O) groups is 1. The van der Waals surface area contributed by atoms with Gasteiger partial charge in [-0.25, -0.2) is 5.43 Å². The van der Waals surface area contributed by atoms with Crippen LogP contribution in [0.1, 0.15) is 25.3 Å². The molecule has 0 aromatic heterocycles. The Morgan fingerprint density at radius 1 is 1.35 bits per heavy atom. The van der Waals surface area contributed by atoms with Crippen LogP contribution in [0, 0.1) is 0 Å². The molecule has 124 valence electrons. The number of nitrogens with one attached hydrogen (secondary N) is 1. The van der Waals surface area contributed by atoms with Crippen molar-refractivity contribution in [2.75, 3.05) is 20.0 Å². The normalized spacial score (nSPS) is 19.0. The Bertz CT molecular complexity index is 629. The number of rotatable bonds is 4. The average Bonchev–Trinajstić information content (AvgIpc) is 2.94. The molecule has 0 radical (unpaired) electrons. The summed E-state index contributed by atoms with van der Waals surface area (Å²) in [5.74, 6) is 0.176. The molecule has 3 rings (SSSR count). The number of nitrogens with zero attached hydrogens (tertiary/aromatic N) is 1. The molecule has 23 heavy (non-hydrogen) atoms. The summed E-state index contributed by atoms with van der Waals surface area (Å²) >= 11 is 3.43. The number of ether oxygens (including phenoxy) is 4. The van der Waals surface area contributed by atoms with Crippen LogP contribution in [0.5, 0.6) is 11.5 Å². The van der Waals surface area contributed by atoms with Gasteiger partial charge in [-0.15, -0.1) is 0 Å². The minimum absolute atomic E-state index is 0.0899. The van der Waals surface area contributed by atoms with Gasteiger partial charge in [0.25, 0.3) is 0 Å². The molecule has 2 heterocycles.